The largest absolute Gasteiger partial charge is 0.372 e. The van der Waals surface area contributed by atoms with Crippen molar-refractivity contribution in [3.8, 4) is 0 Å². The molecule has 0 amide bonds. The van der Waals surface area contributed by atoms with E-state index >= 15 is 0 Å². The van der Waals surface area contributed by atoms with Gasteiger partial charge in [-0.05, 0) is 36.2 Å². The van der Waals surface area contributed by atoms with E-state index in [-0.39, 0.29) is 17.7 Å². The summed E-state index contributed by atoms with van der Waals surface area (Å²) < 4.78 is 26.7. The summed E-state index contributed by atoms with van der Waals surface area (Å²) in [6.07, 6.45) is 0.619. The Morgan fingerprint density at radius 2 is 1.85 bits per heavy atom. The monoisotopic (exact) mass is 276 g/mol. The lowest BCUT2D eigenvalue weighted by Crippen LogP contribution is -2.24. The second kappa shape index (κ2) is 6.48. The molecule has 4 heteroatoms. The number of para-hydroxylation sites is 1. The minimum absolute atomic E-state index is 0.255. The molecule has 1 unspecified atom stereocenters. The van der Waals surface area contributed by atoms with E-state index < -0.39 is 0 Å². The van der Waals surface area contributed by atoms with Crippen LogP contribution in [0.15, 0.2) is 48.5 Å². The second-order valence-electron chi connectivity index (χ2n) is 4.82. The fourth-order valence-electron chi connectivity index (χ4n) is 2.12. The number of anilines is 1. The first kappa shape index (κ1) is 14.5. The Bertz CT molecular complexity index is 572. The Hall–Kier alpha value is -1.94. The summed E-state index contributed by atoms with van der Waals surface area (Å²) >= 11 is 0. The molecule has 1 atom stereocenters. The molecule has 0 saturated carbocycles. The van der Waals surface area contributed by atoms with Gasteiger partial charge in [0.15, 0.2) is 0 Å². The average Bonchev–Trinajstić information content (AvgIpc) is 2.45. The number of halogens is 2. The van der Waals surface area contributed by atoms with Crippen LogP contribution in [0.2, 0.25) is 0 Å². The quantitative estimate of drug-likeness (QED) is 0.905. The van der Waals surface area contributed by atoms with Crippen LogP contribution in [0.4, 0.5) is 14.5 Å². The molecule has 0 aliphatic carbocycles. The molecule has 0 saturated heterocycles. The van der Waals surface area contributed by atoms with Crippen molar-refractivity contribution in [1.82, 2.24) is 0 Å². The number of rotatable bonds is 5. The van der Waals surface area contributed by atoms with Crippen molar-refractivity contribution in [2.45, 2.75) is 12.5 Å². The molecule has 2 nitrogen and oxygen atoms in total. The highest BCUT2D eigenvalue weighted by molar-refractivity contribution is 5.46. The van der Waals surface area contributed by atoms with Gasteiger partial charge in [0, 0.05) is 19.6 Å². The van der Waals surface area contributed by atoms with Crippen LogP contribution in [0.1, 0.15) is 18.0 Å². The first-order valence-corrected chi connectivity index (χ1v) is 6.54. The van der Waals surface area contributed by atoms with Crippen LogP contribution in [0.25, 0.3) is 0 Å². The first-order chi connectivity index (χ1) is 9.58. The second-order valence-corrected chi connectivity index (χ2v) is 4.82. The summed E-state index contributed by atoms with van der Waals surface area (Å²) in [5.41, 5.74) is 7.34. The van der Waals surface area contributed by atoms with E-state index in [0.29, 0.717) is 18.7 Å². The molecule has 0 aromatic heterocycles. The number of nitrogens with two attached hydrogens (primary N) is 1. The number of hydrogen-bond acceptors (Lipinski definition) is 2. The van der Waals surface area contributed by atoms with E-state index in [1.54, 1.807) is 30.3 Å². The summed E-state index contributed by atoms with van der Waals surface area (Å²) in [5, 5.41) is 0. The van der Waals surface area contributed by atoms with E-state index in [9.17, 15) is 8.78 Å². The normalized spacial score (nSPS) is 12.2. The molecule has 2 aromatic carbocycles. The van der Waals surface area contributed by atoms with Gasteiger partial charge < -0.3 is 10.6 Å². The molecule has 0 fully saturated rings. The topological polar surface area (TPSA) is 29.3 Å². The maximum absolute atomic E-state index is 13.6. The van der Waals surface area contributed by atoms with Crippen LogP contribution in [0.5, 0.6) is 0 Å². The van der Waals surface area contributed by atoms with E-state index in [0.717, 1.165) is 5.56 Å². The molecule has 2 N–H and O–H groups in total. The van der Waals surface area contributed by atoms with Gasteiger partial charge in [-0.15, -0.1) is 0 Å². The smallest absolute Gasteiger partial charge is 0.146 e. The lowest BCUT2D eigenvalue weighted by molar-refractivity contribution is 0.598. The fourth-order valence-corrected chi connectivity index (χ4v) is 2.12. The van der Waals surface area contributed by atoms with Gasteiger partial charge in [0.1, 0.15) is 11.6 Å². The van der Waals surface area contributed by atoms with Gasteiger partial charge in [-0.25, -0.2) is 8.78 Å². The predicted molar refractivity (Wildman–Crippen MR) is 77.6 cm³/mol. The third kappa shape index (κ3) is 3.54. The minimum atomic E-state index is -0.291. The van der Waals surface area contributed by atoms with E-state index in [1.165, 1.54) is 18.2 Å². The highest BCUT2D eigenvalue weighted by Crippen LogP contribution is 2.20. The first-order valence-electron chi connectivity index (χ1n) is 6.54. The molecular formula is C16H18F2N2. The Labute approximate surface area is 117 Å². The Kier molecular flexibility index (Phi) is 4.69. The van der Waals surface area contributed by atoms with Crippen molar-refractivity contribution in [2.24, 2.45) is 5.73 Å². The van der Waals surface area contributed by atoms with Crippen LogP contribution in [0, 0.1) is 11.6 Å². The molecule has 2 aromatic rings. The van der Waals surface area contributed by atoms with Crippen LogP contribution in [0.3, 0.4) is 0 Å². The average molecular weight is 276 g/mol. The zero-order chi connectivity index (χ0) is 14.5. The van der Waals surface area contributed by atoms with Crippen molar-refractivity contribution in [3.05, 3.63) is 65.7 Å². The molecule has 0 aliphatic rings. The van der Waals surface area contributed by atoms with Crippen molar-refractivity contribution in [1.29, 1.82) is 0 Å². The summed E-state index contributed by atoms with van der Waals surface area (Å²) in [6.45, 7) is 0.596. The minimum Gasteiger partial charge on any atom is -0.372 e. The Morgan fingerprint density at radius 3 is 2.55 bits per heavy atom. The molecular weight excluding hydrogens is 258 g/mol. The maximum atomic E-state index is 13.6. The van der Waals surface area contributed by atoms with Crippen LogP contribution < -0.4 is 10.6 Å². The summed E-state index contributed by atoms with van der Waals surface area (Å²) in [4.78, 5) is 1.81. The standard InChI is InChI=1S/C16H18F2N2/c1-20(16-8-3-2-7-14(16)18)10-9-15(19)12-5-4-6-13(17)11-12/h2-8,11,15H,9-10,19H2,1H3. The molecule has 106 valence electrons. The molecule has 0 radical (unpaired) electrons. The molecule has 20 heavy (non-hydrogen) atoms. The van der Waals surface area contributed by atoms with Crippen molar-refractivity contribution < 1.29 is 8.78 Å². The van der Waals surface area contributed by atoms with Gasteiger partial charge in [0.25, 0.3) is 0 Å². The van der Waals surface area contributed by atoms with Crippen molar-refractivity contribution in [3.63, 3.8) is 0 Å². The van der Waals surface area contributed by atoms with Crippen LogP contribution >= 0.6 is 0 Å². The number of nitrogens with zero attached hydrogens (tertiary/aromatic N) is 1. The third-order valence-corrected chi connectivity index (χ3v) is 3.32. The van der Waals surface area contributed by atoms with E-state index in [2.05, 4.69) is 0 Å². The van der Waals surface area contributed by atoms with Gasteiger partial charge >= 0.3 is 0 Å². The van der Waals surface area contributed by atoms with Gasteiger partial charge in [-0.2, -0.15) is 0 Å². The molecule has 0 heterocycles. The summed E-state index contributed by atoms with van der Waals surface area (Å²) in [5.74, 6) is -0.547. The SMILES string of the molecule is CN(CCC(N)c1cccc(F)c1)c1ccccc1F. The van der Waals surface area contributed by atoms with Crippen molar-refractivity contribution in [2.75, 3.05) is 18.5 Å². The Morgan fingerprint density at radius 1 is 1.10 bits per heavy atom. The van der Waals surface area contributed by atoms with Gasteiger partial charge in [-0.3, -0.25) is 0 Å². The fraction of sp³-hybridized carbons (Fsp3) is 0.250. The maximum Gasteiger partial charge on any atom is 0.146 e. The third-order valence-electron chi connectivity index (χ3n) is 3.32. The summed E-state index contributed by atoms with van der Waals surface area (Å²) in [7, 11) is 1.82. The lowest BCUT2D eigenvalue weighted by atomic mass is 10.0. The number of benzene rings is 2. The van der Waals surface area contributed by atoms with E-state index in [4.69, 9.17) is 5.73 Å². The van der Waals surface area contributed by atoms with Crippen molar-refractivity contribution >= 4 is 5.69 Å². The van der Waals surface area contributed by atoms with E-state index in [1.807, 2.05) is 11.9 Å². The van der Waals surface area contributed by atoms with Gasteiger partial charge in [-0.1, -0.05) is 24.3 Å². The molecule has 0 aliphatic heterocycles. The summed E-state index contributed by atoms with van der Waals surface area (Å²) in [6, 6.07) is 12.6. The van der Waals surface area contributed by atoms with Crippen LogP contribution in [-0.2, 0) is 0 Å². The number of hydrogen-bond donors (Lipinski definition) is 1. The van der Waals surface area contributed by atoms with Crippen LogP contribution in [-0.4, -0.2) is 13.6 Å². The highest BCUT2D eigenvalue weighted by Gasteiger charge is 2.11. The highest BCUT2D eigenvalue weighted by atomic mass is 19.1. The molecule has 0 bridgehead atoms. The van der Waals surface area contributed by atoms with Gasteiger partial charge in [0.05, 0.1) is 5.69 Å². The lowest BCUT2D eigenvalue weighted by Gasteiger charge is -2.22. The molecule has 2 rings (SSSR count). The zero-order valence-corrected chi connectivity index (χ0v) is 11.4. The molecule has 0 spiro atoms. The van der Waals surface area contributed by atoms with Gasteiger partial charge in [0.2, 0.25) is 0 Å². The zero-order valence-electron chi connectivity index (χ0n) is 11.4. The Balaban J connectivity index is 1.97. The predicted octanol–water partition coefficient (Wildman–Crippen LogP) is 3.49.